The van der Waals surface area contributed by atoms with Gasteiger partial charge in [0.05, 0.1) is 17.6 Å². The van der Waals surface area contributed by atoms with Gasteiger partial charge in [-0.25, -0.2) is 9.48 Å². The highest BCUT2D eigenvalue weighted by atomic mass is 35.5. The number of benzene rings is 2. The van der Waals surface area contributed by atoms with Crippen LogP contribution in [-0.2, 0) is 12.8 Å². The van der Waals surface area contributed by atoms with Crippen molar-refractivity contribution in [2.75, 3.05) is 6.54 Å². The maximum Gasteiger partial charge on any atom is 0.412 e. The lowest BCUT2D eigenvalue weighted by Gasteiger charge is -2.10. The van der Waals surface area contributed by atoms with Gasteiger partial charge >= 0.3 is 6.09 Å². The van der Waals surface area contributed by atoms with E-state index in [1.165, 1.54) is 5.56 Å². The molecule has 0 aliphatic heterocycles. The van der Waals surface area contributed by atoms with Crippen molar-refractivity contribution in [1.29, 1.82) is 0 Å². The molecule has 1 N–H and O–H groups in total. The Morgan fingerprint density at radius 1 is 1.11 bits per heavy atom. The Kier molecular flexibility index (Phi) is 7.09. The van der Waals surface area contributed by atoms with Crippen molar-refractivity contribution in [3.8, 4) is 11.4 Å². The van der Waals surface area contributed by atoms with Gasteiger partial charge in [0.25, 0.3) is 0 Å². The molecule has 0 aliphatic rings. The number of nitrogens with one attached hydrogen (secondary N) is 1. The highest BCUT2D eigenvalue weighted by Crippen LogP contribution is 2.24. The molecule has 0 atom stereocenters. The molecule has 1 amide bonds. The predicted octanol–water partition coefficient (Wildman–Crippen LogP) is 5.20. The summed E-state index contributed by atoms with van der Waals surface area (Å²) in [6, 6.07) is 17.6. The normalized spacial score (nSPS) is 10.6. The molecule has 2 aromatic carbocycles. The largest absolute Gasteiger partial charge is 0.412 e. The number of aromatic nitrogens is 2. The first kappa shape index (κ1) is 20.0. The van der Waals surface area contributed by atoms with Crippen molar-refractivity contribution in [2.45, 2.75) is 32.6 Å². The summed E-state index contributed by atoms with van der Waals surface area (Å²) in [6.07, 6.45) is 4.55. The highest BCUT2D eigenvalue weighted by molar-refractivity contribution is 6.30. The maximum atomic E-state index is 12.2. The second kappa shape index (κ2) is 9.95. The Balaban J connectivity index is 1.58. The number of aryl methyl sites for hydroxylation is 1. The molecular formula is C22H24ClN3O2. The molecule has 0 unspecified atom stereocenters. The van der Waals surface area contributed by atoms with Crippen molar-refractivity contribution in [1.82, 2.24) is 15.1 Å². The smallest absolute Gasteiger partial charge is 0.407 e. The number of amides is 1. The number of hydrogen-bond donors (Lipinski definition) is 1. The molecule has 28 heavy (non-hydrogen) atoms. The second-order valence-corrected chi connectivity index (χ2v) is 6.94. The predicted molar refractivity (Wildman–Crippen MR) is 111 cm³/mol. The molecule has 0 saturated carbocycles. The third-order valence-electron chi connectivity index (χ3n) is 4.35. The molecule has 146 valence electrons. The van der Waals surface area contributed by atoms with Crippen LogP contribution in [0.2, 0.25) is 5.02 Å². The summed E-state index contributed by atoms with van der Waals surface area (Å²) in [6.45, 7) is 2.63. The van der Waals surface area contributed by atoms with Crippen LogP contribution in [0.3, 0.4) is 0 Å². The fraction of sp³-hybridized carbons (Fsp3) is 0.273. The van der Waals surface area contributed by atoms with Crippen molar-refractivity contribution < 1.29 is 9.53 Å². The molecule has 0 saturated heterocycles. The topological polar surface area (TPSA) is 56.1 Å². The Morgan fingerprint density at radius 3 is 2.57 bits per heavy atom. The Hall–Kier alpha value is -2.79. The molecule has 0 bridgehead atoms. The number of carbonyl (C=O) groups excluding carboxylic acids is 1. The zero-order chi connectivity index (χ0) is 19.8. The van der Waals surface area contributed by atoms with Crippen LogP contribution in [0.15, 0.2) is 60.8 Å². The SMILES string of the molecule is CCCc1c(OC(=O)NCCCc2ccccc2)cnn1-c1ccc(Cl)cc1. The van der Waals surface area contributed by atoms with Gasteiger partial charge < -0.3 is 10.1 Å². The van der Waals surface area contributed by atoms with Crippen molar-refractivity contribution in [3.63, 3.8) is 0 Å². The fourth-order valence-corrected chi connectivity index (χ4v) is 3.10. The summed E-state index contributed by atoms with van der Waals surface area (Å²) in [5.41, 5.74) is 3.00. The van der Waals surface area contributed by atoms with Crippen LogP contribution in [0, 0.1) is 0 Å². The summed E-state index contributed by atoms with van der Waals surface area (Å²) >= 11 is 5.97. The Morgan fingerprint density at radius 2 is 1.86 bits per heavy atom. The standard InChI is InChI=1S/C22H24ClN3O2/c1-2-7-20-21(16-25-26(20)19-13-11-18(23)12-14-19)28-22(27)24-15-6-10-17-8-4-3-5-9-17/h3-5,8-9,11-14,16H,2,6-7,10,15H2,1H3,(H,24,27). The zero-order valence-electron chi connectivity index (χ0n) is 15.9. The molecule has 1 aromatic heterocycles. The van der Waals surface area contributed by atoms with E-state index in [-0.39, 0.29) is 0 Å². The van der Waals surface area contributed by atoms with Crippen molar-refractivity contribution in [2.24, 2.45) is 0 Å². The van der Waals surface area contributed by atoms with E-state index >= 15 is 0 Å². The van der Waals surface area contributed by atoms with Gasteiger partial charge in [-0.15, -0.1) is 0 Å². The molecular weight excluding hydrogens is 374 g/mol. The molecule has 0 fully saturated rings. The number of carbonyl (C=O) groups is 1. The van der Waals surface area contributed by atoms with Gasteiger partial charge in [0.2, 0.25) is 0 Å². The summed E-state index contributed by atoms with van der Waals surface area (Å²) in [5.74, 6) is 0.484. The van der Waals surface area contributed by atoms with Crippen LogP contribution >= 0.6 is 11.6 Å². The lowest BCUT2D eigenvalue weighted by molar-refractivity contribution is 0.200. The number of rotatable bonds is 8. The van der Waals surface area contributed by atoms with E-state index in [0.29, 0.717) is 17.3 Å². The van der Waals surface area contributed by atoms with Gasteiger partial charge in [-0.3, -0.25) is 0 Å². The lowest BCUT2D eigenvalue weighted by Crippen LogP contribution is -2.28. The van der Waals surface area contributed by atoms with E-state index in [0.717, 1.165) is 37.1 Å². The van der Waals surface area contributed by atoms with E-state index in [9.17, 15) is 4.79 Å². The maximum absolute atomic E-state index is 12.2. The van der Waals surface area contributed by atoms with E-state index in [1.54, 1.807) is 10.9 Å². The van der Waals surface area contributed by atoms with Gasteiger partial charge in [-0.2, -0.15) is 5.10 Å². The Labute approximate surface area is 170 Å². The molecule has 5 nitrogen and oxygen atoms in total. The summed E-state index contributed by atoms with van der Waals surface area (Å²) in [7, 11) is 0. The molecule has 0 spiro atoms. The third kappa shape index (κ3) is 5.36. The first-order valence-electron chi connectivity index (χ1n) is 9.50. The minimum absolute atomic E-state index is 0.457. The summed E-state index contributed by atoms with van der Waals surface area (Å²) in [4.78, 5) is 12.2. The molecule has 3 rings (SSSR count). The van der Waals surface area contributed by atoms with Crippen molar-refractivity contribution in [3.05, 3.63) is 77.1 Å². The summed E-state index contributed by atoms with van der Waals surface area (Å²) in [5, 5.41) is 7.87. The summed E-state index contributed by atoms with van der Waals surface area (Å²) < 4.78 is 7.31. The van der Waals surface area contributed by atoms with Gasteiger partial charge in [0.1, 0.15) is 0 Å². The molecule has 0 aliphatic carbocycles. The van der Waals surface area contributed by atoms with Gasteiger partial charge in [-0.05, 0) is 49.1 Å². The number of nitrogens with zero attached hydrogens (tertiary/aromatic N) is 2. The van der Waals surface area contributed by atoms with Crippen LogP contribution in [0.5, 0.6) is 5.75 Å². The quantitative estimate of drug-likeness (QED) is 0.531. The van der Waals surface area contributed by atoms with E-state index < -0.39 is 6.09 Å². The monoisotopic (exact) mass is 397 g/mol. The second-order valence-electron chi connectivity index (χ2n) is 6.50. The van der Waals surface area contributed by atoms with Crippen LogP contribution in [0.25, 0.3) is 5.69 Å². The fourth-order valence-electron chi connectivity index (χ4n) is 2.98. The zero-order valence-corrected chi connectivity index (χ0v) is 16.7. The van der Waals surface area contributed by atoms with Gasteiger partial charge in [-0.1, -0.05) is 55.3 Å². The lowest BCUT2D eigenvalue weighted by atomic mass is 10.1. The first-order valence-corrected chi connectivity index (χ1v) is 9.87. The van der Waals surface area contributed by atoms with E-state index in [2.05, 4.69) is 29.5 Å². The van der Waals surface area contributed by atoms with Gasteiger partial charge in [0.15, 0.2) is 5.75 Å². The first-order chi connectivity index (χ1) is 13.7. The molecule has 3 aromatic rings. The van der Waals surface area contributed by atoms with Crippen LogP contribution < -0.4 is 10.1 Å². The minimum atomic E-state index is -0.457. The van der Waals surface area contributed by atoms with E-state index in [1.807, 2.05) is 42.5 Å². The number of hydrogen-bond acceptors (Lipinski definition) is 3. The van der Waals surface area contributed by atoms with Crippen LogP contribution in [0.1, 0.15) is 31.0 Å². The molecule has 6 heteroatoms. The van der Waals surface area contributed by atoms with Crippen molar-refractivity contribution >= 4 is 17.7 Å². The number of ether oxygens (including phenoxy) is 1. The highest BCUT2D eigenvalue weighted by Gasteiger charge is 2.16. The minimum Gasteiger partial charge on any atom is -0.407 e. The number of halogens is 1. The van der Waals surface area contributed by atoms with Crippen LogP contribution in [0.4, 0.5) is 4.79 Å². The average molecular weight is 398 g/mol. The molecule has 1 heterocycles. The van der Waals surface area contributed by atoms with E-state index in [4.69, 9.17) is 16.3 Å². The third-order valence-corrected chi connectivity index (χ3v) is 4.60. The average Bonchev–Trinajstić information content (AvgIpc) is 3.09. The van der Waals surface area contributed by atoms with Gasteiger partial charge in [0, 0.05) is 11.6 Å². The van der Waals surface area contributed by atoms with Crippen LogP contribution in [-0.4, -0.2) is 22.4 Å². The molecule has 0 radical (unpaired) electrons. The Bertz CT molecular complexity index is 892.